The Hall–Kier alpha value is 0.590. The highest BCUT2D eigenvalue weighted by atomic mass is 79.9. The quantitative estimate of drug-likeness (QED) is 0.441. The first-order valence-electron chi connectivity index (χ1n) is 5.51. The molecule has 0 heterocycles. The zero-order valence-corrected chi connectivity index (χ0v) is 13.5. The molecule has 4 nitrogen and oxygen atoms in total. The molecule has 0 aromatic rings. The summed E-state index contributed by atoms with van der Waals surface area (Å²) in [6.07, 6.45) is 1.38. The summed E-state index contributed by atoms with van der Waals surface area (Å²) in [5, 5.41) is 0. The predicted octanol–water partition coefficient (Wildman–Crippen LogP) is -0.647. The van der Waals surface area contributed by atoms with Gasteiger partial charge in [-0.1, -0.05) is 0 Å². The van der Waals surface area contributed by atoms with Gasteiger partial charge in [-0.15, -0.1) is 0 Å². The van der Waals surface area contributed by atoms with Gasteiger partial charge in [0.2, 0.25) is 0 Å². The fourth-order valence-corrected chi connectivity index (χ4v) is 2.95. The van der Waals surface area contributed by atoms with Gasteiger partial charge in [0.25, 0.3) is 0 Å². The van der Waals surface area contributed by atoms with Gasteiger partial charge in [0.15, 0.2) is 0 Å². The van der Waals surface area contributed by atoms with Gasteiger partial charge < -0.3 is 30.5 Å². The zero-order chi connectivity index (χ0) is 11.9. The van der Waals surface area contributed by atoms with Gasteiger partial charge in [0.05, 0.1) is 47.1 Å². The normalized spacial score (nSPS) is 12.3. The van der Waals surface area contributed by atoms with Crippen LogP contribution >= 0.6 is 7.60 Å². The van der Waals surface area contributed by atoms with Crippen molar-refractivity contribution in [2.75, 3.05) is 47.1 Å². The lowest BCUT2D eigenvalue weighted by Gasteiger charge is -2.24. The maximum atomic E-state index is 12.0. The molecule has 0 spiro atoms. The molecular weight excluding hydrogens is 293 g/mol. The van der Waals surface area contributed by atoms with Crippen molar-refractivity contribution < 1.29 is 35.1 Å². The topological polar surface area (TPSA) is 35.5 Å². The molecule has 0 unspecified atom stereocenters. The van der Waals surface area contributed by atoms with Crippen molar-refractivity contribution in [1.29, 1.82) is 0 Å². The summed E-state index contributed by atoms with van der Waals surface area (Å²) < 4.78 is 23.3. The molecule has 0 fully saturated rings. The van der Waals surface area contributed by atoms with E-state index in [1.165, 1.54) is 0 Å². The molecule has 0 aromatic heterocycles. The minimum absolute atomic E-state index is 0. The van der Waals surface area contributed by atoms with E-state index in [0.29, 0.717) is 19.4 Å². The van der Waals surface area contributed by atoms with Crippen LogP contribution in [0.4, 0.5) is 0 Å². The second-order valence-corrected chi connectivity index (χ2v) is 6.72. The van der Waals surface area contributed by atoms with Crippen molar-refractivity contribution in [3.05, 3.63) is 0 Å². The van der Waals surface area contributed by atoms with E-state index in [1.54, 1.807) is 0 Å². The summed E-state index contributed by atoms with van der Waals surface area (Å²) in [4.78, 5) is 0. The molecule has 0 atom stereocenters. The predicted molar refractivity (Wildman–Crippen MR) is 63.2 cm³/mol. The molecule has 100 valence electrons. The molecule has 0 aliphatic carbocycles. The first-order valence-corrected chi connectivity index (χ1v) is 7.24. The third-order valence-corrected chi connectivity index (χ3v) is 4.08. The molecular formula is C10H25BrNO3P. The molecule has 0 saturated heterocycles. The van der Waals surface area contributed by atoms with Crippen LogP contribution in [0, 0.1) is 0 Å². The molecule has 0 amide bonds. The van der Waals surface area contributed by atoms with Crippen molar-refractivity contribution in [2.24, 2.45) is 0 Å². The maximum Gasteiger partial charge on any atom is 0.330 e. The van der Waals surface area contributed by atoms with E-state index in [9.17, 15) is 4.57 Å². The second-order valence-electron chi connectivity index (χ2n) is 4.54. The van der Waals surface area contributed by atoms with Crippen molar-refractivity contribution in [2.45, 2.75) is 20.3 Å². The van der Waals surface area contributed by atoms with Gasteiger partial charge >= 0.3 is 7.60 Å². The second kappa shape index (κ2) is 8.65. The van der Waals surface area contributed by atoms with Crippen LogP contribution in [0.25, 0.3) is 0 Å². The smallest absolute Gasteiger partial charge is 0.330 e. The monoisotopic (exact) mass is 317 g/mol. The number of rotatable bonds is 8. The van der Waals surface area contributed by atoms with E-state index < -0.39 is 7.60 Å². The number of hydrogen-bond donors (Lipinski definition) is 0. The fraction of sp³-hybridized carbons (Fsp3) is 1.00. The third-order valence-electron chi connectivity index (χ3n) is 1.91. The van der Waals surface area contributed by atoms with Crippen LogP contribution in [0.2, 0.25) is 0 Å². The molecule has 0 aliphatic rings. The van der Waals surface area contributed by atoms with Crippen LogP contribution in [0.5, 0.6) is 0 Å². The van der Waals surface area contributed by atoms with E-state index in [-0.39, 0.29) is 17.0 Å². The van der Waals surface area contributed by atoms with Gasteiger partial charge in [-0.3, -0.25) is 4.57 Å². The molecule has 0 aliphatic heterocycles. The van der Waals surface area contributed by atoms with Crippen molar-refractivity contribution in [1.82, 2.24) is 0 Å². The summed E-state index contributed by atoms with van der Waals surface area (Å²) in [5.74, 6) is 0. The number of hydrogen-bond acceptors (Lipinski definition) is 3. The molecule has 0 saturated carbocycles. The van der Waals surface area contributed by atoms with Gasteiger partial charge in [-0.05, 0) is 13.8 Å². The first-order chi connectivity index (χ1) is 6.83. The fourth-order valence-electron chi connectivity index (χ4n) is 1.30. The average Bonchev–Trinajstić information content (AvgIpc) is 2.01. The van der Waals surface area contributed by atoms with Crippen LogP contribution in [0.1, 0.15) is 20.3 Å². The Balaban J connectivity index is 0. The molecule has 6 heteroatoms. The maximum absolute atomic E-state index is 12.0. The van der Waals surface area contributed by atoms with E-state index in [4.69, 9.17) is 9.05 Å². The lowest BCUT2D eigenvalue weighted by atomic mass is 10.4. The van der Waals surface area contributed by atoms with Crippen molar-refractivity contribution in [3.63, 3.8) is 0 Å². The average molecular weight is 318 g/mol. The van der Waals surface area contributed by atoms with Crippen LogP contribution in [0.3, 0.4) is 0 Å². The lowest BCUT2D eigenvalue weighted by molar-refractivity contribution is -0.870. The van der Waals surface area contributed by atoms with E-state index in [1.807, 2.05) is 13.8 Å². The van der Waals surface area contributed by atoms with Crippen LogP contribution < -0.4 is 17.0 Å². The SMILES string of the molecule is CCOP(=O)(CCC[N+](C)(C)C)OCC.[Br-]. The molecule has 0 N–H and O–H groups in total. The molecule has 0 aromatic carbocycles. The van der Waals surface area contributed by atoms with E-state index >= 15 is 0 Å². The van der Waals surface area contributed by atoms with Crippen LogP contribution in [-0.2, 0) is 13.6 Å². The summed E-state index contributed by atoms with van der Waals surface area (Å²) in [6, 6.07) is 0. The first kappa shape index (κ1) is 18.9. The zero-order valence-electron chi connectivity index (χ0n) is 11.0. The third kappa shape index (κ3) is 9.79. The Morgan fingerprint density at radius 3 is 1.81 bits per heavy atom. The van der Waals surface area contributed by atoms with Crippen molar-refractivity contribution >= 4 is 7.60 Å². The Morgan fingerprint density at radius 1 is 1.06 bits per heavy atom. The van der Waals surface area contributed by atoms with Gasteiger partial charge in [0.1, 0.15) is 0 Å². The summed E-state index contributed by atoms with van der Waals surface area (Å²) in [5.41, 5.74) is 0. The minimum Gasteiger partial charge on any atom is -1.00 e. The van der Waals surface area contributed by atoms with Gasteiger partial charge in [-0.25, -0.2) is 0 Å². The Morgan fingerprint density at radius 2 is 1.50 bits per heavy atom. The highest BCUT2D eigenvalue weighted by Crippen LogP contribution is 2.48. The highest BCUT2D eigenvalue weighted by Gasteiger charge is 2.23. The van der Waals surface area contributed by atoms with Gasteiger partial charge in [0, 0.05) is 6.42 Å². The summed E-state index contributed by atoms with van der Waals surface area (Å²) >= 11 is 0. The van der Waals surface area contributed by atoms with Crippen molar-refractivity contribution in [3.8, 4) is 0 Å². The van der Waals surface area contributed by atoms with Crippen LogP contribution in [-0.4, -0.2) is 51.5 Å². The number of quaternary nitrogens is 1. The number of nitrogens with zero attached hydrogens (tertiary/aromatic N) is 1. The van der Waals surface area contributed by atoms with Gasteiger partial charge in [-0.2, -0.15) is 0 Å². The molecule has 0 radical (unpaired) electrons. The largest absolute Gasteiger partial charge is 1.00 e. The summed E-state index contributed by atoms with van der Waals surface area (Å²) in [7, 11) is 3.54. The molecule has 0 bridgehead atoms. The molecule has 16 heavy (non-hydrogen) atoms. The number of halogens is 1. The standard InChI is InChI=1S/C10H25NO3P.BrH/c1-6-13-15(12,14-7-2)10-8-9-11(3,4)5;/h6-10H2,1-5H3;1H/q+1;/p-1. The lowest BCUT2D eigenvalue weighted by Crippen LogP contribution is -3.00. The highest BCUT2D eigenvalue weighted by molar-refractivity contribution is 7.53. The summed E-state index contributed by atoms with van der Waals surface area (Å²) in [6.45, 7) is 5.55. The molecule has 0 rings (SSSR count). The minimum atomic E-state index is -2.82. The van der Waals surface area contributed by atoms with E-state index in [0.717, 1.165) is 17.4 Å². The van der Waals surface area contributed by atoms with E-state index in [2.05, 4.69) is 21.1 Å². The van der Waals surface area contributed by atoms with Crippen LogP contribution in [0.15, 0.2) is 0 Å². The Bertz CT molecular complexity index is 209. The Kier molecular flexibility index (Phi) is 10.2. The Labute approximate surface area is 110 Å².